The summed E-state index contributed by atoms with van der Waals surface area (Å²) in [6.07, 6.45) is 2.63. The second kappa shape index (κ2) is 3.36. The molecule has 10 heavy (non-hydrogen) atoms. The molecule has 0 spiro atoms. The molecule has 0 aromatic carbocycles. The molecule has 0 aliphatic carbocycles. The van der Waals surface area contributed by atoms with E-state index in [-0.39, 0.29) is 0 Å². The third-order valence-corrected chi connectivity index (χ3v) is 1.96. The van der Waals surface area contributed by atoms with Gasteiger partial charge in [-0.1, -0.05) is 0 Å². The molecule has 1 heterocycles. The minimum absolute atomic E-state index is 0.563. The molecular formula is C6H6AsClN2. The molecule has 52 valence electrons. The van der Waals surface area contributed by atoms with E-state index >= 15 is 0 Å². The first-order valence-corrected chi connectivity index (χ1v) is 4.26. The van der Waals surface area contributed by atoms with E-state index in [1.807, 2.05) is 6.92 Å². The van der Waals surface area contributed by atoms with E-state index in [4.69, 9.17) is 11.6 Å². The first-order chi connectivity index (χ1) is 4.74. The Morgan fingerprint density at radius 1 is 1.70 bits per heavy atom. The maximum absolute atomic E-state index is 5.77. The van der Waals surface area contributed by atoms with Crippen LogP contribution in [0.1, 0.15) is 12.5 Å². The van der Waals surface area contributed by atoms with E-state index in [2.05, 4.69) is 26.8 Å². The minimum atomic E-state index is 0.563. The Labute approximate surface area is 73.5 Å². The van der Waals surface area contributed by atoms with Crippen LogP contribution in [0.4, 0.5) is 0 Å². The fraction of sp³-hybridized carbons (Fsp3) is 0.333. The number of aromatic nitrogens is 2. The van der Waals surface area contributed by atoms with Gasteiger partial charge in [-0.25, -0.2) is 0 Å². The summed E-state index contributed by atoms with van der Waals surface area (Å²) in [5, 5.41) is 0.563. The van der Waals surface area contributed by atoms with Gasteiger partial charge in [0.25, 0.3) is 0 Å². The third kappa shape index (κ3) is 1.71. The standard InChI is InChI=1S/C6H6AsClN2/c1-2-4-3-9-6(7)10-5(4)8/h3H,2H2,1H3. The van der Waals surface area contributed by atoms with Crippen molar-refractivity contribution in [3.05, 3.63) is 16.9 Å². The summed E-state index contributed by atoms with van der Waals surface area (Å²) in [6, 6.07) is 0. The van der Waals surface area contributed by atoms with Crippen LogP contribution in [-0.2, 0) is 6.42 Å². The summed E-state index contributed by atoms with van der Waals surface area (Å²) >= 11 is 8.02. The van der Waals surface area contributed by atoms with E-state index in [0.29, 0.717) is 9.77 Å². The first-order valence-electron chi connectivity index (χ1n) is 2.94. The van der Waals surface area contributed by atoms with Gasteiger partial charge in [-0.15, -0.1) is 0 Å². The van der Waals surface area contributed by atoms with Crippen LogP contribution in [0, 0.1) is 0 Å². The van der Waals surface area contributed by atoms with Crippen molar-refractivity contribution in [2.75, 3.05) is 0 Å². The van der Waals surface area contributed by atoms with Gasteiger partial charge >= 0.3 is 73.3 Å². The van der Waals surface area contributed by atoms with Crippen LogP contribution < -0.4 is 4.61 Å². The monoisotopic (exact) mass is 216 g/mol. The van der Waals surface area contributed by atoms with Gasteiger partial charge in [0.15, 0.2) is 0 Å². The van der Waals surface area contributed by atoms with Crippen LogP contribution in [-0.4, -0.2) is 26.8 Å². The average molecular weight is 217 g/mol. The molecule has 1 aromatic rings. The zero-order valence-corrected chi connectivity index (χ0v) is 8.14. The van der Waals surface area contributed by atoms with E-state index < -0.39 is 0 Å². The Morgan fingerprint density at radius 2 is 2.40 bits per heavy atom. The molecule has 0 amide bonds. The van der Waals surface area contributed by atoms with Crippen LogP contribution in [0.2, 0.25) is 5.15 Å². The maximum atomic E-state index is 5.77. The molecule has 2 nitrogen and oxygen atoms in total. The summed E-state index contributed by atoms with van der Waals surface area (Å²) in [4.78, 5) is 7.96. The zero-order chi connectivity index (χ0) is 7.56. The van der Waals surface area contributed by atoms with Crippen LogP contribution in [0.5, 0.6) is 0 Å². The molecule has 1 aromatic heterocycles. The topological polar surface area (TPSA) is 25.8 Å². The van der Waals surface area contributed by atoms with Gasteiger partial charge in [0.1, 0.15) is 0 Å². The molecule has 4 heteroatoms. The summed E-state index contributed by atoms with van der Waals surface area (Å²) in [7, 11) is 0. The van der Waals surface area contributed by atoms with Crippen molar-refractivity contribution < 1.29 is 0 Å². The summed E-state index contributed by atoms with van der Waals surface area (Å²) in [5.41, 5.74) is 0.997. The van der Waals surface area contributed by atoms with Crippen molar-refractivity contribution in [2.45, 2.75) is 13.3 Å². The molecule has 0 unspecified atom stereocenters. The molecule has 0 saturated carbocycles. The number of aryl methyl sites for hydroxylation is 1. The second-order valence-electron chi connectivity index (χ2n) is 1.84. The quantitative estimate of drug-likeness (QED) is 0.504. The third-order valence-electron chi connectivity index (χ3n) is 1.18. The molecule has 0 atom stereocenters. The summed E-state index contributed by atoms with van der Waals surface area (Å²) < 4.78 is 0.662. The average Bonchev–Trinajstić information content (AvgIpc) is 1.88. The van der Waals surface area contributed by atoms with Crippen molar-refractivity contribution in [1.29, 1.82) is 0 Å². The Hall–Kier alpha value is -0.0716. The van der Waals surface area contributed by atoms with Gasteiger partial charge < -0.3 is 0 Å². The Bertz CT molecular complexity index is 239. The number of hydrogen-bond acceptors (Lipinski definition) is 2. The van der Waals surface area contributed by atoms with Crippen LogP contribution in [0.15, 0.2) is 6.20 Å². The molecule has 0 saturated heterocycles. The molecule has 0 aliphatic heterocycles. The van der Waals surface area contributed by atoms with Crippen molar-refractivity contribution in [2.24, 2.45) is 0 Å². The fourth-order valence-electron chi connectivity index (χ4n) is 0.615. The number of rotatable bonds is 1. The second-order valence-corrected chi connectivity index (χ2v) is 3.04. The molecule has 0 N–H and O–H groups in total. The van der Waals surface area contributed by atoms with Gasteiger partial charge in [-0.05, 0) is 0 Å². The number of halogens is 1. The normalized spacial score (nSPS) is 9.90. The van der Waals surface area contributed by atoms with Crippen molar-refractivity contribution in [1.82, 2.24) is 9.97 Å². The first kappa shape index (κ1) is 8.03. The summed E-state index contributed by atoms with van der Waals surface area (Å²) in [6.45, 7) is 2.02. The van der Waals surface area contributed by atoms with Crippen molar-refractivity contribution in [3.8, 4) is 0 Å². The van der Waals surface area contributed by atoms with Crippen LogP contribution >= 0.6 is 11.6 Å². The van der Waals surface area contributed by atoms with Gasteiger partial charge in [0.05, 0.1) is 0 Å². The van der Waals surface area contributed by atoms with Gasteiger partial charge in [0.2, 0.25) is 0 Å². The molecule has 0 aliphatic rings. The number of nitrogens with zero attached hydrogens (tertiary/aromatic N) is 2. The molecule has 0 bridgehead atoms. The van der Waals surface area contributed by atoms with Crippen LogP contribution in [0.3, 0.4) is 0 Å². The van der Waals surface area contributed by atoms with Gasteiger partial charge in [-0.3, -0.25) is 0 Å². The van der Waals surface area contributed by atoms with Gasteiger partial charge in [-0.2, -0.15) is 0 Å². The molecule has 2 radical (unpaired) electrons. The van der Waals surface area contributed by atoms with Crippen molar-refractivity contribution in [3.63, 3.8) is 0 Å². The van der Waals surface area contributed by atoms with Gasteiger partial charge in [0, 0.05) is 0 Å². The van der Waals surface area contributed by atoms with E-state index in [0.717, 1.165) is 12.0 Å². The molecule has 0 fully saturated rings. The van der Waals surface area contributed by atoms with Crippen LogP contribution in [0.25, 0.3) is 0 Å². The predicted octanol–water partition coefficient (Wildman–Crippen LogP) is 0.486. The van der Waals surface area contributed by atoms with Crippen molar-refractivity contribution >= 4 is 33.1 Å². The predicted molar refractivity (Wildman–Crippen MR) is 41.8 cm³/mol. The van der Waals surface area contributed by atoms with E-state index in [1.165, 1.54) is 0 Å². The Balaban J connectivity index is 3.07. The zero-order valence-electron chi connectivity index (χ0n) is 5.50. The van der Waals surface area contributed by atoms with E-state index in [9.17, 15) is 0 Å². The van der Waals surface area contributed by atoms with E-state index in [1.54, 1.807) is 6.20 Å². The Kier molecular flexibility index (Phi) is 2.70. The fourth-order valence-corrected chi connectivity index (χ4v) is 1.34. The Morgan fingerprint density at radius 3 is 2.90 bits per heavy atom. The SMILES string of the molecule is CCc1cnc([As])nc1Cl. The molecule has 1 rings (SSSR count). The number of hydrogen-bond donors (Lipinski definition) is 0. The summed E-state index contributed by atoms with van der Waals surface area (Å²) in [5.74, 6) is 0. The molecular weight excluding hydrogens is 210 g/mol.